The first-order valence-electron chi connectivity index (χ1n) is 6.26. The fraction of sp³-hybridized carbons (Fsp3) is 0.429. The summed E-state index contributed by atoms with van der Waals surface area (Å²) in [6, 6.07) is 6.34. The van der Waals surface area contributed by atoms with Gasteiger partial charge in [0.05, 0.1) is 12.2 Å². The van der Waals surface area contributed by atoms with E-state index in [1.807, 2.05) is 0 Å². The van der Waals surface area contributed by atoms with Crippen LogP contribution < -0.4 is 0 Å². The second-order valence-corrected chi connectivity index (χ2v) is 4.61. The molecule has 1 aliphatic rings. The lowest BCUT2D eigenvalue weighted by Crippen LogP contribution is -2.35. The maximum absolute atomic E-state index is 12.3. The number of carboxylic acids is 1. The molecule has 1 aromatic carbocycles. The molecule has 0 bridgehead atoms. The molecule has 19 heavy (non-hydrogen) atoms. The monoisotopic (exact) mass is 263 g/mol. The van der Waals surface area contributed by atoms with Gasteiger partial charge in [-0.1, -0.05) is 0 Å². The zero-order valence-corrected chi connectivity index (χ0v) is 10.8. The molecule has 1 amide bonds. The molecule has 1 aliphatic carbocycles. The largest absolute Gasteiger partial charge is 0.478 e. The van der Waals surface area contributed by atoms with Crippen LogP contribution in [-0.2, 0) is 4.74 Å². The third-order valence-corrected chi connectivity index (χ3v) is 3.16. The van der Waals surface area contributed by atoms with Crippen molar-refractivity contribution in [1.82, 2.24) is 4.90 Å². The smallest absolute Gasteiger partial charge is 0.335 e. The molecule has 1 aromatic rings. The summed E-state index contributed by atoms with van der Waals surface area (Å²) in [4.78, 5) is 24.9. The van der Waals surface area contributed by atoms with Gasteiger partial charge in [0, 0.05) is 25.3 Å². The average Bonchev–Trinajstić information content (AvgIpc) is 3.23. The van der Waals surface area contributed by atoms with Crippen molar-refractivity contribution in [3.63, 3.8) is 0 Å². The molecule has 5 nitrogen and oxygen atoms in total. The third-order valence-electron chi connectivity index (χ3n) is 3.16. The van der Waals surface area contributed by atoms with Gasteiger partial charge in [0.1, 0.15) is 0 Å². The van der Waals surface area contributed by atoms with Crippen LogP contribution in [-0.4, -0.2) is 48.2 Å². The Labute approximate surface area is 111 Å². The first-order valence-corrected chi connectivity index (χ1v) is 6.26. The first kappa shape index (κ1) is 13.5. The van der Waals surface area contributed by atoms with E-state index in [0.717, 1.165) is 12.8 Å². The summed E-state index contributed by atoms with van der Waals surface area (Å²) >= 11 is 0. The number of ether oxygens (including phenoxy) is 1. The van der Waals surface area contributed by atoms with Crippen molar-refractivity contribution in [2.24, 2.45) is 0 Å². The lowest BCUT2D eigenvalue weighted by atomic mass is 10.1. The molecule has 0 unspecified atom stereocenters. The van der Waals surface area contributed by atoms with Crippen LogP contribution in [0.1, 0.15) is 33.6 Å². The Morgan fingerprint density at radius 3 is 2.32 bits per heavy atom. The Kier molecular flexibility index (Phi) is 4.16. The summed E-state index contributed by atoms with van der Waals surface area (Å²) in [5.41, 5.74) is 0.708. The van der Waals surface area contributed by atoms with Gasteiger partial charge in [-0.3, -0.25) is 4.79 Å². The lowest BCUT2D eigenvalue weighted by molar-refractivity contribution is 0.0673. The van der Waals surface area contributed by atoms with E-state index >= 15 is 0 Å². The predicted octanol–water partition coefficient (Wildman–Crippen LogP) is 1.64. The molecule has 0 radical (unpaired) electrons. The molecule has 0 aromatic heterocycles. The van der Waals surface area contributed by atoms with Crippen LogP contribution in [0.4, 0.5) is 0 Å². The Morgan fingerprint density at radius 1 is 1.26 bits per heavy atom. The van der Waals surface area contributed by atoms with Gasteiger partial charge in [-0.15, -0.1) is 0 Å². The highest BCUT2D eigenvalue weighted by molar-refractivity contribution is 5.96. The zero-order valence-electron chi connectivity index (χ0n) is 10.8. The molecule has 0 spiro atoms. The average molecular weight is 263 g/mol. The van der Waals surface area contributed by atoms with Crippen LogP contribution in [0.3, 0.4) is 0 Å². The summed E-state index contributed by atoms with van der Waals surface area (Å²) in [6.45, 7) is 1.08. The van der Waals surface area contributed by atoms with Crippen molar-refractivity contribution in [1.29, 1.82) is 0 Å². The van der Waals surface area contributed by atoms with E-state index in [1.54, 1.807) is 24.1 Å². The van der Waals surface area contributed by atoms with E-state index in [1.165, 1.54) is 12.1 Å². The minimum atomic E-state index is -0.988. The van der Waals surface area contributed by atoms with Gasteiger partial charge in [0.15, 0.2) is 0 Å². The zero-order chi connectivity index (χ0) is 13.8. The number of carbonyl (C=O) groups excluding carboxylic acids is 1. The van der Waals surface area contributed by atoms with Crippen LogP contribution in [0, 0.1) is 0 Å². The molecule has 0 atom stereocenters. The standard InChI is InChI=1S/C14H17NO4/c1-19-9-8-15(12-6-7-12)13(16)10-2-4-11(5-3-10)14(17)18/h2-5,12H,6-9H2,1H3,(H,17,18). The second kappa shape index (κ2) is 5.84. The van der Waals surface area contributed by atoms with Gasteiger partial charge < -0.3 is 14.7 Å². The quantitative estimate of drug-likeness (QED) is 0.847. The van der Waals surface area contributed by atoms with E-state index < -0.39 is 5.97 Å². The Hall–Kier alpha value is -1.88. The van der Waals surface area contributed by atoms with E-state index in [-0.39, 0.29) is 11.5 Å². The van der Waals surface area contributed by atoms with Crippen molar-refractivity contribution in [3.05, 3.63) is 35.4 Å². The highest BCUT2D eigenvalue weighted by atomic mass is 16.5. The molecule has 0 saturated heterocycles. The summed E-state index contributed by atoms with van der Waals surface area (Å²) in [6.07, 6.45) is 2.06. The number of hydrogen-bond donors (Lipinski definition) is 1. The first-order chi connectivity index (χ1) is 9.13. The number of amides is 1. The van der Waals surface area contributed by atoms with Crippen LogP contribution in [0.5, 0.6) is 0 Å². The van der Waals surface area contributed by atoms with E-state index in [2.05, 4.69) is 0 Å². The Bertz CT molecular complexity index is 465. The molecule has 0 heterocycles. The van der Waals surface area contributed by atoms with Gasteiger partial charge in [0.25, 0.3) is 5.91 Å². The molecule has 102 valence electrons. The van der Waals surface area contributed by atoms with Gasteiger partial charge in [-0.2, -0.15) is 0 Å². The number of benzene rings is 1. The maximum Gasteiger partial charge on any atom is 0.335 e. The van der Waals surface area contributed by atoms with E-state index in [4.69, 9.17) is 9.84 Å². The van der Waals surface area contributed by atoms with E-state index in [9.17, 15) is 9.59 Å². The van der Waals surface area contributed by atoms with Crippen LogP contribution in [0.25, 0.3) is 0 Å². The van der Waals surface area contributed by atoms with Gasteiger partial charge in [-0.05, 0) is 37.1 Å². The molecule has 1 saturated carbocycles. The number of hydrogen-bond acceptors (Lipinski definition) is 3. The lowest BCUT2D eigenvalue weighted by Gasteiger charge is -2.22. The minimum absolute atomic E-state index is 0.0588. The van der Waals surface area contributed by atoms with Crippen molar-refractivity contribution in [2.45, 2.75) is 18.9 Å². The van der Waals surface area contributed by atoms with Crippen molar-refractivity contribution < 1.29 is 19.4 Å². The number of nitrogens with zero attached hydrogens (tertiary/aromatic N) is 1. The minimum Gasteiger partial charge on any atom is -0.478 e. The van der Waals surface area contributed by atoms with Crippen LogP contribution >= 0.6 is 0 Å². The molecule has 1 fully saturated rings. The molecular weight excluding hydrogens is 246 g/mol. The number of methoxy groups -OCH3 is 1. The number of carbonyl (C=O) groups is 2. The summed E-state index contributed by atoms with van der Waals surface area (Å²) in [5.74, 6) is -1.05. The summed E-state index contributed by atoms with van der Waals surface area (Å²) in [5, 5.41) is 8.83. The second-order valence-electron chi connectivity index (χ2n) is 4.61. The van der Waals surface area contributed by atoms with E-state index in [0.29, 0.717) is 24.8 Å². The summed E-state index contributed by atoms with van der Waals surface area (Å²) < 4.78 is 5.02. The topological polar surface area (TPSA) is 66.8 Å². The van der Waals surface area contributed by atoms with Gasteiger partial charge in [-0.25, -0.2) is 4.79 Å². The SMILES string of the molecule is COCCN(C(=O)c1ccc(C(=O)O)cc1)C1CC1. The van der Waals surface area contributed by atoms with Crippen molar-refractivity contribution >= 4 is 11.9 Å². The van der Waals surface area contributed by atoms with Crippen LogP contribution in [0.2, 0.25) is 0 Å². The number of aromatic carboxylic acids is 1. The van der Waals surface area contributed by atoms with Gasteiger partial charge in [0.2, 0.25) is 0 Å². The summed E-state index contributed by atoms with van der Waals surface area (Å²) in [7, 11) is 1.61. The highest BCUT2D eigenvalue weighted by Crippen LogP contribution is 2.28. The molecule has 0 aliphatic heterocycles. The fourth-order valence-electron chi connectivity index (χ4n) is 1.95. The highest BCUT2D eigenvalue weighted by Gasteiger charge is 2.32. The van der Waals surface area contributed by atoms with Gasteiger partial charge >= 0.3 is 5.97 Å². The molecule has 1 N–H and O–H groups in total. The van der Waals surface area contributed by atoms with Crippen LogP contribution in [0.15, 0.2) is 24.3 Å². The maximum atomic E-state index is 12.3. The Morgan fingerprint density at radius 2 is 1.84 bits per heavy atom. The number of carboxylic acid groups (broad SMARTS) is 1. The predicted molar refractivity (Wildman–Crippen MR) is 69.3 cm³/mol. The fourth-order valence-corrected chi connectivity index (χ4v) is 1.95. The van der Waals surface area contributed by atoms with Crippen molar-refractivity contribution in [3.8, 4) is 0 Å². The molecular formula is C14H17NO4. The van der Waals surface area contributed by atoms with Crippen molar-refractivity contribution in [2.75, 3.05) is 20.3 Å². The Balaban J connectivity index is 2.09. The molecule has 5 heteroatoms. The normalized spacial score (nSPS) is 14.2. The third kappa shape index (κ3) is 3.32. The number of rotatable bonds is 6. The molecule has 2 rings (SSSR count).